The number of halogens is 1. The topological polar surface area (TPSA) is 66.4 Å². The van der Waals surface area contributed by atoms with E-state index < -0.39 is 11.5 Å². The van der Waals surface area contributed by atoms with Gasteiger partial charge in [0.15, 0.2) is 0 Å². The Bertz CT molecular complexity index is 478. The molecule has 0 spiro atoms. The largest absolute Gasteiger partial charge is 0.480 e. The van der Waals surface area contributed by atoms with Crippen molar-refractivity contribution in [3.63, 3.8) is 0 Å². The summed E-state index contributed by atoms with van der Waals surface area (Å²) in [5, 5.41) is 14.0. The molecule has 19 heavy (non-hydrogen) atoms. The van der Waals surface area contributed by atoms with Gasteiger partial charge >= 0.3 is 5.97 Å². The Morgan fingerprint density at radius 3 is 2.37 bits per heavy atom. The minimum Gasteiger partial charge on any atom is -0.480 e. The predicted octanol–water partition coefficient (Wildman–Crippen LogP) is 3.26. The van der Waals surface area contributed by atoms with Gasteiger partial charge in [0, 0.05) is 5.38 Å². The summed E-state index contributed by atoms with van der Waals surface area (Å²) in [5.74, 6) is -1.18. The Balaban J connectivity index is 2.16. The number of carboxylic acids is 1. The normalized spacial score (nSPS) is 18.6. The Morgan fingerprint density at radius 1 is 1.26 bits per heavy atom. The number of carbonyl (C=O) groups is 2. The number of aliphatic carboxylic acids is 1. The average molecular weight is 393 g/mol. The number of nitrogens with one attached hydrogen (secondary N) is 1. The van der Waals surface area contributed by atoms with Gasteiger partial charge in [-0.15, -0.1) is 11.3 Å². The standard InChI is InChI=1S/C13H16INO3S/c14-10-7-9(8-19-10)11(16)15-13(12(17)18)5-3-1-2-4-6-13/h7-8H,1-6H2,(H,15,16)(H,17,18). The summed E-state index contributed by atoms with van der Waals surface area (Å²) in [6, 6.07) is 1.78. The molecule has 0 aliphatic heterocycles. The van der Waals surface area contributed by atoms with Crippen LogP contribution in [0.5, 0.6) is 0 Å². The van der Waals surface area contributed by atoms with Gasteiger partial charge in [-0.05, 0) is 41.5 Å². The highest BCUT2D eigenvalue weighted by molar-refractivity contribution is 14.1. The Hall–Kier alpha value is -0.630. The highest BCUT2D eigenvalue weighted by Gasteiger charge is 2.40. The molecule has 0 unspecified atom stereocenters. The van der Waals surface area contributed by atoms with E-state index >= 15 is 0 Å². The molecule has 6 heteroatoms. The summed E-state index contributed by atoms with van der Waals surface area (Å²) >= 11 is 3.63. The van der Waals surface area contributed by atoms with Gasteiger partial charge in [0.1, 0.15) is 5.54 Å². The summed E-state index contributed by atoms with van der Waals surface area (Å²) < 4.78 is 1.02. The van der Waals surface area contributed by atoms with Gasteiger partial charge in [0.2, 0.25) is 0 Å². The molecule has 0 radical (unpaired) electrons. The maximum atomic E-state index is 12.2. The monoisotopic (exact) mass is 393 g/mol. The summed E-state index contributed by atoms with van der Waals surface area (Å²) in [6.07, 6.45) is 4.84. The van der Waals surface area contributed by atoms with Crippen molar-refractivity contribution in [1.29, 1.82) is 0 Å². The second kappa shape index (κ2) is 6.21. The Morgan fingerprint density at radius 2 is 1.89 bits per heavy atom. The molecule has 2 rings (SSSR count). The SMILES string of the molecule is O=C(NC1(C(=O)O)CCCCCC1)c1csc(I)c1. The predicted molar refractivity (Wildman–Crippen MR) is 82.6 cm³/mol. The maximum Gasteiger partial charge on any atom is 0.329 e. The molecule has 0 aromatic carbocycles. The van der Waals surface area contributed by atoms with Gasteiger partial charge in [-0.25, -0.2) is 4.79 Å². The molecule has 1 amide bonds. The number of carbonyl (C=O) groups excluding carboxylic acids is 1. The van der Waals surface area contributed by atoms with Crippen LogP contribution in [0.15, 0.2) is 11.4 Å². The zero-order valence-electron chi connectivity index (χ0n) is 10.4. The van der Waals surface area contributed by atoms with Crippen LogP contribution >= 0.6 is 33.9 Å². The summed E-state index contributed by atoms with van der Waals surface area (Å²) in [7, 11) is 0. The molecule has 1 aliphatic carbocycles. The zero-order valence-corrected chi connectivity index (χ0v) is 13.4. The van der Waals surface area contributed by atoms with E-state index in [1.807, 2.05) is 0 Å². The van der Waals surface area contributed by atoms with Crippen molar-refractivity contribution in [2.45, 2.75) is 44.1 Å². The molecule has 0 saturated heterocycles. The molecule has 0 bridgehead atoms. The van der Waals surface area contributed by atoms with Crippen LogP contribution in [0, 0.1) is 2.88 Å². The van der Waals surface area contributed by atoms with Crippen LogP contribution in [0.2, 0.25) is 0 Å². The average Bonchev–Trinajstić information content (AvgIpc) is 2.65. The Kier molecular flexibility index (Phi) is 4.83. The lowest BCUT2D eigenvalue weighted by Gasteiger charge is -2.29. The van der Waals surface area contributed by atoms with E-state index in [1.165, 1.54) is 11.3 Å². The number of carboxylic acid groups (broad SMARTS) is 1. The molecule has 1 aromatic heterocycles. The van der Waals surface area contributed by atoms with Crippen LogP contribution in [-0.4, -0.2) is 22.5 Å². The molecule has 1 fully saturated rings. The molecular weight excluding hydrogens is 377 g/mol. The molecular formula is C13H16INO3S. The summed E-state index contributed by atoms with van der Waals surface area (Å²) in [5.41, 5.74) is -0.528. The fourth-order valence-electron chi connectivity index (χ4n) is 2.44. The van der Waals surface area contributed by atoms with Crippen molar-refractivity contribution < 1.29 is 14.7 Å². The number of thiophene rings is 1. The van der Waals surface area contributed by atoms with Gasteiger partial charge < -0.3 is 10.4 Å². The van der Waals surface area contributed by atoms with E-state index in [0.29, 0.717) is 18.4 Å². The van der Waals surface area contributed by atoms with Crippen molar-refractivity contribution in [3.8, 4) is 0 Å². The minimum atomic E-state index is -1.08. The van der Waals surface area contributed by atoms with Gasteiger partial charge in [-0.1, -0.05) is 25.7 Å². The number of rotatable bonds is 3. The summed E-state index contributed by atoms with van der Waals surface area (Å²) in [4.78, 5) is 23.8. The second-order valence-electron chi connectivity index (χ2n) is 4.90. The van der Waals surface area contributed by atoms with Crippen LogP contribution in [0.3, 0.4) is 0 Å². The van der Waals surface area contributed by atoms with Crippen LogP contribution in [0.4, 0.5) is 0 Å². The lowest BCUT2D eigenvalue weighted by Crippen LogP contribution is -2.54. The molecule has 1 aromatic rings. The first-order chi connectivity index (χ1) is 9.03. The quantitative estimate of drug-likeness (QED) is 0.612. The van der Waals surface area contributed by atoms with Gasteiger partial charge in [-0.2, -0.15) is 0 Å². The van der Waals surface area contributed by atoms with Crippen LogP contribution in [0.25, 0.3) is 0 Å². The third-order valence-corrected chi connectivity index (χ3v) is 5.34. The number of hydrogen-bond acceptors (Lipinski definition) is 3. The van der Waals surface area contributed by atoms with Crippen LogP contribution in [-0.2, 0) is 4.79 Å². The first kappa shape index (κ1) is 14.8. The van der Waals surface area contributed by atoms with Gasteiger partial charge in [0.05, 0.1) is 8.45 Å². The molecule has 1 aliphatic rings. The lowest BCUT2D eigenvalue weighted by atomic mass is 9.90. The van der Waals surface area contributed by atoms with E-state index in [4.69, 9.17) is 0 Å². The van der Waals surface area contributed by atoms with Crippen molar-refractivity contribution in [2.75, 3.05) is 0 Å². The molecule has 0 atom stereocenters. The first-order valence-electron chi connectivity index (χ1n) is 6.33. The molecule has 2 N–H and O–H groups in total. The maximum absolute atomic E-state index is 12.2. The lowest BCUT2D eigenvalue weighted by molar-refractivity contribution is -0.145. The number of hydrogen-bond donors (Lipinski definition) is 2. The van der Waals surface area contributed by atoms with Crippen molar-refractivity contribution >= 4 is 45.8 Å². The van der Waals surface area contributed by atoms with Gasteiger partial charge in [-0.3, -0.25) is 4.79 Å². The van der Waals surface area contributed by atoms with Crippen molar-refractivity contribution in [1.82, 2.24) is 5.32 Å². The fraction of sp³-hybridized carbons (Fsp3) is 0.538. The third-order valence-electron chi connectivity index (χ3n) is 3.55. The van der Waals surface area contributed by atoms with E-state index in [2.05, 4.69) is 27.9 Å². The van der Waals surface area contributed by atoms with Crippen LogP contribution < -0.4 is 5.32 Å². The molecule has 1 saturated carbocycles. The summed E-state index contributed by atoms with van der Waals surface area (Å²) in [6.45, 7) is 0. The third kappa shape index (κ3) is 3.47. The highest BCUT2D eigenvalue weighted by atomic mass is 127. The molecule has 104 valence electrons. The fourth-order valence-corrected chi connectivity index (χ4v) is 3.77. The van der Waals surface area contributed by atoms with E-state index in [0.717, 1.165) is 28.6 Å². The van der Waals surface area contributed by atoms with E-state index in [-0.39, 0.29) is 5.91 Å². The molecule has 4 nitrogen and oxygen atoms in total. The smallest absolute Gasteiger partial charge is 0.329 e. The second-order valence-corrected chi connectivity index (χ2v) is 7.70. The first-order valence-corrected chi connectivity index (χ1v) is 8.29. The van der Waals surface area contributed by atoms with E-state index in [9.17, 15) is 14.7 Å². The highest BCUT2D eigenvalue weighted by Crippen LogP contribution is 2.28. The zero-order chi connectivity index (χ0) is 13.9. The van der Waals surface area contributed by atoms with Crippen LogP contribution in [0.1, 0.15) is 48.9 Å². The number of amides is 1. The minimum absolute atomic E-state index is 0.275. The van der Waals surface area contributed by atoms with Crippen molar-refractivity contribution in [2.24, 2.45) is 0 Å². The van der Waals surface area contributed by atoms with Crippen molar-refractivity contribution in [3.05, 3.63) is 19.9 Å². The van der Waals surface area contributed by atoms with E-state index in [1.54, 1.807) is 11.4 Å². The molecule has 1 heterocycles. The van der Waals surface area contributed by atoms with Gasteiger partial charge in [0.25, 0.3) is 5.91 Å². The Labute approximate surface area is 129 Å².